The van der Waals surface area contributed by atoms with Crippen molar-refractivity contribution in [3.63, 3.8) is 0 Å². The van der Waals surface area contributed by atoms with Gasteiger partial charge in [0.15, 0.2) is 10.5 Å². The second-order valence-electron chi connectivity index (χ2n) is 3.92. The van der Waals surface area contributed by atoms with Gasteiger partial charge in [-0.15, -0.1) is 11.3 Å². The van der Waals surface area contributed by atoms with E-state index >= 15 is 0 Å². The van der Waals surface area contributed by atoms with Crippen LogP contribution in [0.1, 0.15) is 11.5 Å². The molecule has 92 valence electrons. The first-order valence-electron chi connectivity index (χ1n) is 5.27. The molecule has 0 bridgehead atoms. The third-order valence-electron chi connectivity index (χ3n) is 2.60. The molecule has 0 aromatic carbocycles. The van der Waals surface area contributed by atoms with E-state index in [-0.39, 0.29) is 5.56 Å². The zero-order chi connectivity index (χ0) is 12.7. The summed E-state index contributed by atoms with van der Waals surface area (Å²) in [5.41, 5.74) is 0.675. The smallest absolute Gasteiger partial charge is 0.263 e. The highest BCUT2D eigenvalue weighted by molar-refractivity contribution is 7.71. The second kappa shape index (κ2) is 4.18. The molecule has 0 saturated carbocycles. The van der Waals surface area contributed by atoms with Crippen LogP contribution in [0, 0.1) is 11.7 Å². The number of hydrogen-bond acceptors (Lipinski definition) is 5. The molecule has 0 atom stereocenters. The average molecular weight is 279 g/mol. The van der Waals surface area contributed by atoms with Crippen molar-refractivity contribution in [2.45, 2.75) is 13.5 Å². The van der Waals surface area contributed by atoms with E-state index in [1.165, 1.54) is 15.9 Å². The molecule has 3 heterocycles. The third-order valence-corrected chi connectivity index (χ3v) is 3.75. The number of hydrogen-bond donors (Lipinski definition) is 1. The number of aromatic amines is 1. The lowest BCUT2D eigenvalue weighted by Gasteiger charge is -2.03. The summed E-state index contributed by atoms with van der Waals surface area (Å²) in [5, 5.41) is 6.30. The van der Waals surface area contributed by atoms with E-state index in [1.54, 1.807) is 12.1 Å². The van der Waals surface area contributed by atoms with Crippen LogP contribution in [-0.2, 0) is 6.54 Å². The lowest BCUT2D eigenvalue weighted by Crippen LogP contribution is -2.21. The maximum absolute atomic E-state index is 12.2. The van der Waals surface area contributed by atoms with Gasteiger partial charge >= 0.3 is 0 Å². The van der Waals surface area contributed by atoms with Crippen LogP contribution in [0.5, 0.6) is 0 Å². The van der Waals surface area contributed by atoms with Gasteiger partial charge in [-0.1, -0.05) is 5.16 Å². The van der Waals surface area contributed by atoms with E-state index in [4.69, 9.17) is 16.7 Å². The van der Waals surface area contributed by atoms with Crippen LogP contribution in [0.4, 0.5) is 0 Å². The molecule has 0 unspecified atom stereocenters. The predicted molar refractivity (Wildman–Crippen MR) is 71.6 cm³/mol. The minimum absolute atomic E-state index is 0.107. The molecule has 0 aliphatic heterocycles. The number of aromatic nitrogens is 3. The first-order valence-corrected chi connectivity index (χ1v) is 6.56. The van der Waals surface area contributed by atoms with Crippen LogP contribution in [0.15, 0.2) is 26.8 Å². The molecule has 7 heteroatoms. The van der Waals surface area contributed by atoms with Gasteiger partial charge in [0.25, 0.3) is 5.56 Å². The number of aryl methyl sites for hydroxylation is 1. The third kappa shape index (κ3) is 1.81. The van der Waals surface area contributed by atoms with Gasteiger partial charge in [0.05, 0.1) is 17.6 Å². The Labute approximate surface area is 111 Å². The zero-order valence-electron chi connectivity index (χ0n) is 9.47. The van der Waals surface area contributed by atoms with Crippen LogP contribution < -0.4 is 5.56 Å². The van der Waals surface area contributed by atoms with E-state index in [0.717, 1.165) is 10.5 Å². The summed E-state index contributed by atoms with van der Waals surface area (Å²) in [6.07, 6.45) is 0. The molecule has 3 aromatic rings. The average Bonchev–Trinajstić information content (AvgIpc) is 2.93. The summed E-state index contributed by atoms with van der Waals surface area (Å²) >= 11 is 6.65. The largest absolute Gasteiger partial charge is 0.359 e. The number of rotatable bonds is 2. The van der Waals surface area contributed by atoms with E-state index < -0.39 is 0 Å². The SMILES string of the molecule is Cc1cc(Cn2c(=S)[nH]c3sccc3c2=O)on1. The first kappa shape index (κ1) is 11.4. The van der Waals surface area contributed by atoms with Crippen LogP contribution >= 0.6 is 23.6 Å². The summed E-state index contributed by atoms with van der Waals surface area (Å²) in [5.74, 6) is 0.615. The molecule has 0 aliphatic carbocycles. The fourth-order valence-corrected chi connectivity index (χ4v) is 2.86. The molecule has 3 rings (SSSR count). The van der Waals surface area contributed by atoms with Crippen molar-refractivity contribution in [3.05, 3.63) is 44.1 Å². The predicted octanol–water partition coefficient (Wildman–Crippen LogP) is 2.47. The van der Waals surface area contributed by atoms with Gasteiger partial charge in [0.1, 0.15) is 4.83 Å². The fraction of sp³-hybridized carbons (Fsp3) is 0.182. The summed E-state index contributed by atoms with van der Waals surface area (Å²) < 4.78 is 6.97. The molecular weight excluding hydrogens is 270 g/mol. The number of fused-ring (bicyclic) bond motifs is 1. The molecule has 0 spiro atoms. The molecular formula is C11H9N3O2S2. The van der Waals surface area contributed by atoms with Gasteiger partial charge in [-0.2, -0.15) is 0 Å². The lowest BCUT2D eigenvalue weighted by atomic mass is 10.3. The van der Waals surface area contributed by atoms with Crippen molar-refractivity contribution in [2.24, 2.45) is 0 Å². The Morgan fingerprint density at radius 1 is 1.61 bits per heavy atom. The van der Waals surface area contributed by atoms with Crippen molar-refractivity contribution in [1.29, 1.82) is 0 Å². The van der Waals surface area contributed by atoms with Gasteiger partial charge in [0, 0.05) is 6.07 Å². The topological polar surface area (TPSA) is 63.8 Å². The summed E-state index contributed by atoms with van der Waals surface area (Å²) in [7, 11) is 0. The highest BCUT2D eigenvalue weighted by Gasteiger charge is 2.09. The number of nitrogens with zero attached hydrogens (tertiary/aromatic N) is 2. The van der Waals surface area contributed by atoms with Crippen molar-refractivity contribution in [1.82, 2.24) is 14.7 Å². The lowest BCUT2D eigenvalue weighted by molar-refractivity contribution is 0.371. The summed E-state index contributed by atoms with van der Waals surface area (Å²) in [6, 6.07) is 3.58. The van der Waals surface area contributed by atoms with Gasteiger partial charge < -0.3 is 9.51 Å². The maximum atomic E-state index is 12.2. The number of nitrogens with one attached hydrogen (secondary N) is 1. The quantitative estimate of drug-likeness (QED) is 0.732. The molecule has 0 radical (unpaired) electrons. The monoisotopic (exact) mass is 279 g/mol. The Balaban J connectivity index is 2.17. The van der Waals surface area contributed by atoms with Gasteiger partial charge in [0.2, 0.25) is 0 Å². The number of H-pyrrole nitrogens is 1. The van der Waals surface area contributed by atoms with Gasteiger partial charge in [-0.25, -0.2) is 0 Å². The first-order chi connectivity index (χ1) is 8.65. The van der Waals surface area contributed by atoms with Crippen molar-refractivity contribution < 1.29 is 4.52 Å². The van der Waals surface area contributed by atoms with Crippen molar-refractivity contribution in [3.8, 4) is 0 Å². The van der Waals surface area contributed by atoms with Crippen LogP contribution in [0.25, 0.3) is 10.2 Å². The number of thiophene rings is 1. The van der Waals surface area contributed by atoms with Gasteiger partial charge in [-0.05, 0) is 30.6 Å². The molecule has 0 fully saturated rings. The Kier molecular flexibility index (Phi) is 2.64. The Bertz CT molecular complexity index is 825. The van der Waals surface area contributed by atoms with E-state index in [2.05, 4.69) is 10.1 Å². The Morgan fingerprint density at radius 3 is 3.17 bits per heavy atom. The minimum Gasteiger partial charge on any atom is -0.359 e. The molecule has 0 amide bonds. The Morgan fingerprint density at radius 2 is 2.44 bits per heavy atom. The maximum Gasteiger partial charge on any atom is 0.263 e. The fourth-order valence-electron chi connectivity index (χ4n) is 1.77. The Hall–Kier alpha value is -1.73. The standard InChI is InChI=1S/C11H9N3O2S2/c1-6-4-7(16-13-6)5-14-10(15)8-2-3-18-9(8)12-11(14)17/h2-4H,5H2,1H3,(H,12,17). The van der Waals surface area contributed by atoms with Crippen LogP contribution in [0.2, 0.25) is 0 Å². The molecule has 0 saturated heterocycles. The van der Waals surface area contributed by atoms with Crippen molar-refractivity contribution in [2.75, 3.05) is 0 Å². The highest BCUT2D eigenvalue weighted by Crippen LogP contribution is 2.14. The summed E-state index contributed by atoms with van der Waals surface area (Å²) in [4.78, 5) is 16.1. The van der Waals surface area contributed by atoms with E-state index in [1.807, 2.05) is 12.3 Å². The van der Waals surface area contributed by atoms with E-state index in [9.17, 15) is 4.79 Å². The highest BCUT2D eigenvalue weighted by atomic mass is 32.1. The normalized spacial score (nSPS) is 11.2. The van der Waals surface area contributed by atoms with Crippen LogP contribution in [0.3, 0.4) is 0 Å². The van der Waals surface area contributed by atoms with Crippen LogP contribution in [-0.4, -0.2) is 14.7 Å². The molecule has 18 heavy (non-hydrogen) atoms. The van der Waals surface area contributed by atoms with E-state index in [0.29, 0.717) is 22.5 Å². The molecule has 5 nitrogen and oxygen atoms in total. The van der Waals surface area contributed by atoms with Crippen molar-refractivity contribution >= 4 is 33.8 Å². The van der Waals surface area contributed by atoms with Gasteiger partial charge in [-0.3, -0.25) is 9.36 Å². The zero-order valence-corrected chi connectivity index (χ0v) is 11.1. The molecule has 0 aliphatic rings. The minimum atomic E-state index is -0.107. The molecule has 1 N–H and O–H groups in total. The molecule has 3 aromatic heterocycles. The second-order valence-corrected chi connectivity index (χ2v) is 5.22. The summed E-state index contributed by atoms with van der Waals surface area (Å²) in [6.45, 7) is 2.12.